The lowest BCUT2D eigenvalue weighted by molar-refractivity contribution is -0.132. The Morgan fingerprint density at radius 3 is 2.45 bits per heavy atom. The van der Waals surface area contributed by atoms with Gasteiger partial charge in [-0.15, -0.1) is 0 Å². The number of hydrogen-bond acceptors (Lipinski definition) is 5. The van der Waals surface area contributed by atoms with Crippen LogP contribution in [0.2, 0.25) is 0 Å². The van der Waals surface area contributed by atoms with Crippen LogP contribution in [0.4, 0.5) is 5.69 Å². The van der Waals surface area contributed by atoms with Gasteiger partial charge in [-0.3, -0.25) is 19.5 Å². The Balaban J connectivity index is 1.81. The summed E-state index contributed by atoms with van der Waals surface area (Å²) < 4.78 is 5.34. The van der Waals surface area contributed by atoms with Crippen molar-refractivity contribution >= 4 is 33.9 Å². The van der Waals surface area contributed by atoms with Gasteiger partial charge in [-0.05, 0) is 40.6 Å². The molecule has 0 spiro atoms. The standard InChI is InChI=1S/C27H20N2O4/c1-33-20-9-5-8-19(16-20)29-24(22-11-4-7-17-6-2-3-10-21(17)22)23(26(31)27(29)32)25(30)18-12-14-28-15-13-18/h2-16,24,30H,1H3/b25-23-. The molecule has 1 N–H and O–H groups in total. The van der Waals surface area contributed by atoms with E-state index >= 15 is 0 Å². The summed E-state index contributed by atoms with van der Waals surface area (Å²) in [6.07, 6.45) is 3.06. The Morgan fingerprint density at radius 2 is 1.67 bits per heavy atom. The van der Waals surface area contributed by atoms with Gasteiger partial charge in [-0.1, -0.05) is 48.5 Å². The highest BCUT2D eigenvalue weighted by atomic mass is 16.5. The Kier molecular flexibility index (Phi) is 5.11. The van der Waals surface area contributed by atoms with E-state index < -0.39 is 17.7 Å². The van der Waals surface area contributed by atoms with E-state index in [1.54, 1.807) is 43.5 Å². The van der Waals surface area contributed by atoms with Crippen molar-refractivity contribution in [3.05, 3.63) is 108 Å². The molecule has 6 nitrogen and oxygen atoms in total. The van der Waals surface area contributed by atoms with Crippen LogP contribution in [0.3, 0.4) is 0 Å². The molecular weight excluding hydrogens is 416 g/mol. The maximum Gasteiger partial charge on any atom is 0.300 e. The van der Waals surface area contributed by atoms with Crippen LogP contribution in [0.1, 0.15) is 17.2 Å². The Bertz CT molecular complexity index is 1410. The molecule has 33 heavy (non-hydrogen) atoms. The van der Waals surface area contributed by atoms with Crippen LogP contribution >= 0.6 is 0 Å². The number of ketones is 1. The first-order chi connectivity index (χ1) is 16.1. The van der Waals surface area contributed by atoms with Crippen LogP contribution in [0.25, 0.3) is 16.5 Å². The number of benzene rings is 3. The predicted octanol–water partition coefficient (Wildman–Crippen LogP) is 4.87. The molecule has 4 aromatic rings. The third-order valence-corrected chi connectivity index (χ3v) is 5.85. The van der Waals surface area contributed by atoms with E-state index in [1.165, 1.54) is 17.3 Å². The number of ether oxygens (including phenoxy) is 1. The van der Waals surface area contributed by atoms with Gasteiger partial charge in [0.25, 0.3) is 11.7 Å². The number of hydrogen-bond donors (Lipinski definition) is 1. The lowest BCUT2D eigenvalue weighted by atomic mass is 9.91. The number of pyridine rings is 1. The van der Waals surface area contributed by atoms with E-state index in [4.69, 9.17) is 4.74 Å². The fraction of sp³-hybridized carbons (Fsp3) is 0.0741. The van der Waals surface area contributed by atoms with Gasteiger partial charge in [-0.25, -0.2) is 0 Å². The SMILES string of the molecule is COc1cccc(N2C(=O)C(=O)/C(=C(\O)c3ccncc3)C2c2cccc3ccccc23)c1. The molecular formula is C27H20N2O4. The first-order valence-corrected chi connectivity index (χ1v) is 10.4. The highest BCUT2D eigenvalue weighted by molar-refractivity contribution is 6.51. The molecule has 0 saturated carbocycles. The summed E-state index contributed by atoms with van der Waals surface area (Å²) in [6, 6.07) is 22.9. The van der Waals surface area contributed by atoms with Crippen LogP contribution in [0.5, 0.6) is 5.75 Å². The molecule has 3 aromatic carbocycles. The van der Waals surface area contributed by atoms with Gasteiger partial charge >= 0.3 is 0 Å². The van der Waals surface area contributed by atoms with E-state index in [9.17, 15) is 14.7 Å². The summed E-state index contributed by atoms with van der Waals surface area (Å²) in [4.78, 5) is 32.1. The molecule has 1 aliphatic heterocycles. The number of aromatic nitrogens is 1. The fourth-order valence-corrected chi connectivity index (χ4v) is 4.31. The largest absolute Gasteiger partial charge is 0.507 e. The zero-order valence-electron chi connectivity index (χ0n) is 17.8. The second kappa shape index (κ2) is 8.24. The van der Waals surface area contributed by atoms with E-state index in [1.807, 2.05) is 42.5 Å². The summed E-state index contributed by atoms with van der Waals surface area (Å²) in [7, 11) is 1.54. The minimum absolute atomic E-state index is 0.0328. The molecule has 1 amide bonds. The molecule has 1 fully saturated rings. The van der Waals surface area contributed by atoms with Gasteiger partial charge < -0.3 is 9.84 Å². The van der Waals surface area contributed by atoms with Gasteiger partial charge in [0.05, 0.1) is 18.7 Å². The minimum atomic E-state index is -0.823. The number of amides is 1. The van der Waals surface area contributed by atoms with E-state index in [2.05, 4.69) is 4.98 Å². The summed E-state index contributed by atoms with van der Waals surface area (Å²) in [5.41, 5.74) is 1.69. The molecule has 1 aromatic heterocycles. The van der Waals surface area contributed by atoms with E-state index in [0.29, 0.717) is 17.0 Å². The number of methoxy groups -OCH3 is 1. The molecule has 1 unspecified atom stereocenters. The number of aliphatic hydroxyl groups excluding tert-OH is 1. The minimum Gasteiger partial charge on any atom is -0.507 e. The number of nitrogens with zero attached hydrogens (tertiary/aromatic N) is 2. The number of Topliss-reactive ketones (excluding diaryl/α,β-unsaturated/α-hetero) is 1. The Labute approximate surface area is 190 Å². The van der Waals surface area contributed by atoms with E-state index in [-0.39, 0.29) is 11.3 Å². The monoisotopic (exact) mass is 436 g/mol. The molecule has 5 rings (SSSR count). The zero-order valence-corrected chi connectivity index (χ0v) is 17.8. The Morgan fingerprint density at radius 1 is 0.939 bits per heavy atom. The van der Waals surface area contributed by atoms with Gasteiger partial charge in [-0.2, -0.15) is 0 Å². The van der Waals surface area contributed by atoms with Crippen molar-refractivity contribution in [1.82, 2.24) is 4.98 Å². The second-order valence-electron chi connectivity index (χ2n) is 7.67. The van der Waals surface area contributed by atoms with Crippen LogP contribution < -0.4 is 9.64 Å². The number of anilines is 1. The molecule has 6 heteroatoms. The first kappa shape index (κ1) is 20.5. The van der Waals surface area contributed by atoms with Crippen molar-refractivity contribution in [2.45, 2.75) is 6.04 Å². The van der Waals surface area contributed by atoms with Crippen LogP contribution in [-0.4, -0.2) is 28.9 Å². The van der Waals surface area contributed by atoms with Crippen molar-refractivity contribution in [3.8, 4) is 5.75 Å². The lowest BCUT2D eigenvalue weighted by Gasteiger charge is -2.26. The molecule has 1 atom stereocenters. The predicted molar refractivity (Wildman–Crippen MR) is 126 cm³/mol. The summed E-state index contributed by atoms with van der Waals surface area (Å²) in [5, 5.41) is 13.1. The Hall–Kier alpha value is -4.45. The number of carbonyl (C=O) groups is 2. The number of aliphatic hydroxyl groups is 1. The van der Waals surface area contributed by atoms with Gasteiger partial charge in [0.15, 0.2) is 0 Å². The van der Waals surface area contributed by atoms with Crippen molar-refractivity contribution in [1.29, 1.82) is 0 Å². The van der Waals surface area contributed by atoms with Crippen molar-refractivity contribution in [3.63, 3.8) is 0 Å². The third kappa shape index (κ3) is 3.42. The summed E-state index contributed by atoms with van der Waals surface area (Å²) >= 11 is 0. The van der Waals surface area contributed by atoms with Crippen LogP contribution in [0.15, 0.2) is 96.8 Å². The second-order valence-corrected chi connectivity index (χ2v) is 7.67. The first-order valence-electron chi connectivity index (χ1n) is 10.4. The number of rotatable bonds is 4. The zero-order chi connectivity index (χ0) is 22.9. The average Bonchev–Trinajstić information content (AvgIpc) is 3.13. The normalized spacial score (nSPS) is 17.5. The summed E-state index contributed by atoms with van der Waals surface area (Å²) in [5.74, 6) is -1.14. The molecule has 2 heterocycles. The molecule has 1 saturated heterocycles. The smallest absolute Gasteiger partial charge is 0.300 e. The highest BCUT2D eigenvalue weighted by Crippen LogP contribution is 2.44. The number of fused-ring (bicyclic) bond motifs is 1. The summed E-state index contributed by atoms with van der Waals surface area (Å²) in [6.45, 7) is 0. The van der Waals surface area contributed by atoms with Crippen LogP contribution in [-0.2, 0) is 9.59 Å². The molecule has 1 aliphatic rings. The van der Waals surface area contributed by atoms with Crippen LogP contribution in [0, 0.1) is 0 Å². The van der Waals surface area contributed by atoms with Crippen molar-refractivity contribution in [2.75, 3.05) is 12.0 Å². The average molecular weight is 436 g/mol. The fourth-order valence-electron chi connectivity index (χ4n) is 4.31. The molecule has 0 bridgehead atoms. The third-order valence-electron chi connectivity index (χ3n) is 5.85. The maximum absolute atomic E-state index is 13.3. The quantitative estimate of drug-likeness (QED) is 0.281. The molecule has 0 radical (unpaired) electrons. The molecule has 0 aliphatic carbocycles. The highest BCUT2D eigenvalue weighted by Gasteiger charge is 2.47. The molecule has 162 valence electrons. The van der Waals surface area contributed by atoms with Gasteiger partial charge in [0.2, 0.25) is 0 Å². The topological polar surface area (TPSA) is 79.7 Å². The lowest BCUT2D eigenvalue weighted by Crippen LogP contribution is -2.29. The van der Waals surface area contributed by atoms with E-state index in [0.717, 1.165) is 16.3 Å². The number of carbonyl (C=O) groups excluding carboxylic acids is 2. The maximum atomic E-state index is 13.3. The van der Waals surface area contributed by atoms with Gasteiger partial charge in [0, 0.05) is 29.7 Å². The van der Waals surface area contributed by atoms with Crippen molar-refractivity contribution in [2.24, 2.45) is 0 Å². The van der Waals surface area contributed by atoms with Crippen molar-refractivity contribution < 1.29 is 19.4 Å². The van der Waals surface area contributed by atoms with Gasteiger partial charge in [0.1, 0.15) is 11.5 Å².